The Kier molecular flexibility index (Phi) is 5.42. The number of para-hydroxylation sites is 1. The molecule has 2 aromatic rings. The molecule has 2 aromatic carbocycles. The van der Waals surface area contributed by atoms with Crippen LogP contribution in [0, 0.1) is 0 Å². The van der Waals surface area contributed by atoms with E-state index >= 15 is 0 Å². The van der Waals surface area contributed by atoms with Crippen molar-refractivity contribution in [3.8, 4) is 0 Å². The highest BCUT2D eigenvalue weighted by Crippen LogP contribution is 2.29. The van der Waals surface area contributed by atoms with E-state index in [1.54, 1.807) is 4.90 Å². The average Bonchev–Trinajstić information content (AvgIpc) is 2.53. The number of hydrogen-bond acceptors (Lipinski definition) is 1. The van der Waals surface area contributed by atoms with Gasteiger partial charge in [-0.1, -0.05) is 37.3 Å². The minimum atomic E-state index is -4.35. The number of carbonyl (C=O) groups is 1. The molecule has 0 aromatic heterocycles. The topological polar surface area (TPSA) is 20.3 Å². The van der Waals surface area contributed by atoms with Crippen LogP contribution in [0.2, 0.25) is 0 Å². The first-order valence-corrected chi connectivity index (χ1v) is 7.43. The number of nitrogens with zero attached hydrogens (tertiary/aromatic N) is 1. The van der Waals surface area contributed by atoms with Crippen molar-refractivity contribution >= 4 is 11.6 Å². The molecule has 0 heterocycles. The van der Waals surface area contributed by atoms with Crippen LogP contribution < -0.4 is 4.90 Å². The summed E-state index contributed by atoms with van der Waals surface area (Å²) in [6.45, 7) is 2.17. The Hall–Kier alpha value is -2.30. The summed E-state index contributed by atoms with van der Waals surface area (Å²) in [7, 11) is 0. The zero-order valence-corrected chi connectivity index (χ0v) is 12.8. The molecule has 5 heteroatoms. The molecule has 0 N–H and O–H groups in total. The largest absolute Gasteiger partial charge is 0.416 e. The number of carbonyl (C=O) groups excluding carboxylic acids is 1. The molecule has 0 aliphatic carbocycles. The summed E-state index contributed by atoms with van der Waals surface area (Å²) in [6.07, 6.45) is -3.24. The lowest BCUT2D eigenvalue weighted by molar-refractivity contribution is -0.137. The van der Waals surface area contributed by atoms with Crippen molar-refractivity contribution in [3.63, 3.8) is 0 Å². The number of alkyl halides is 3. The van der Waals surface area contributed by atoms with Crippen molar-refractivity contribution in [3.05, 3.63) is 65.7 Å². The molecule has 2 rings (SSSR count). The maximum absolute atomic E-state index is 12.6. The highest BCUT2D eigenvalue weighted by atomic mass is 19.4. The molecule has 0 aliphatic heterocycles. The number of benzene rings is 2. The summed E-state index contributed by atoms with van der Waals surface area (Å²) in [5.41, 5.74) is 0.713. The van der Waals surface area contributed by atoms with Crippen LogP contribution >= 0.6 is 0 Å². The predicted molar refractivity (Wildman–Crippen MR) is 84.0 cm³/mol. The molecule has 0 saturated carbocycles. The maximum Gasteiger partial charge on any atom is 0.416 e. The van der Waals surface area contributed by atoms with E-state index in [9.17, 15) is 18.0 Å². The Morgan fingerprint density at radius 3 is 2.13 bits per heavy atom. The summed E-state index contributed by atoms with van der Waals surface area (Å²) < 4.78 is 37.8. The van der Waals surface area contributed by atoms with E-state index in [2.05, 4.69) is 0 Å². The van der Waals surface area contributed by atoms with Crippen LogP contribution in [0.15, 0.2) is 54.6 Å². The first-order valence-electron chi connectivity index (χ1n) is 7.43. The minimum absolute atomic E-state index is 0.0430. The molecule has 0 unspecified atom stereocenters. The molecule has 122 valence electrons. The maximum atomic E-state index is 12.6. The van der Waals surface area contributed by atoms with Gasteiger partial charge < -0.3 is 4.90 Å². The summed E-state index contributed by atoms with van der Waals surface area (Å²) in [5.74, 6) is -0.0430. The molecule has 0 fully saturated rings. The quantitative estimate of drug-likeness (QED) is 0.755. The van der Waals surface area contributed by atoms with Crippen molar-refractivity contribution < 1.29 is 18.0 Å². The molecule has 0 bridgehead atoms. The van der Waals surface area contributed by atoms with Gasteiger partial charge in [-0.3, -0.25) is 4.79 Å². The third-order valence-electron chi connectivity index (χ3n) is 3.45. The van der Waals surface area contributed by atoms with Crippen molar-refractivity contribution in [2.24, 2.45) is 0 Å². The second-order valence-electron chi connectivity index (χ2n) is 5.26. The normalized spacial score (nSPS) is 11.3. The molecule has 0 radical (unpaired) electrons. The second kappa shape index (κ2) is 7.31. The smallest absolute Gasteiger partial charge is 0.308 e. The van der Waals surface area contributed by atoms with Gasteiger partial charge in [-0.15, -0.1) is 0 Å². The Labute approximate surface area is 133 Å². The Bertz CT molecular complexity index is 636. The molecule has 0 saturated heterocycles. The van der Waals surface area contributed by atoms with Crippen LogP contribution in [0.4, 0.5) is 18.9 Å². The molecule has 23 heavy (non-hydrogen) atoms. The lowest BCUT2D eigenvalue weighted by Gasteiger charge is -2.23. The van der Waals surface area contributed by atoms with Gasteiger partial charge in [0.1, 0.15) is 0 Å². The number of hydrogen-bond donors (Lipinski definition) is 0. The van der Waals surface area contributed by atoms with Gasteiger partial charge in [-0.2, -0.15) is 13.2 Å². The van der Waals surface area contributed by atoms with Crippen LogP contribution in [-0.4, -0.2) is 5.91 Å². The summed E-state index contributed by atoms with van der Waals surface area (Å²) >= 11 is 0. The van der Waals surface area contributed by atoms with E-state index in [4.69, 9.17) is 0 Å². The van der Waals surface area contributed by atoms with Crippen LogP contribution in [0.3, 0.4) is 0 Å². The molecule has 0 spiro atoms. The fourth-order valence-electron chi connectivity index (χ4n) is 2.26. The van der Waals surface area contributed by atoms with Crippen molar-refractivity contribution in [1.82, 2.24) is 0 Å². The summed E-state index contributed by atoms with van der Waals surface area (Å²) in [4.78, 5) is 13.9. The van der Waals surface area contributed by atoms with E-state index in [0.717, 1.165) is 24.2 Å². The van der Waals surface area contributed by atoms with Crippen molar-refractivity contribution in [2.75, 3.05) is 4.90 Å². The van der Waals surface area contributed by atoms with E-state index in [0.29, 0.717) is 12.0 Å². The van der Waals surface area contributed by atoms with E-state index < -0.39 is 11.7 Å². The van der Waals surface area contributed by atoms with Crippen LogP contribution in [0.5, 0.6) is 0 Å². The number of rotatable bonds is 5. The van der Waals surface area contributed by atoms with Crippen molar-refractivity contribution in [2.45, 2.75) is 32.5 Å². The minimum Gasteiger partial charge on any atom is -0.308 e. The standard InChI is InChI=1S/C18H18F3NO/c1-2-6-17(23)22(16-7-4-3-5-8-16)13-14-9-11-15(12-10-14)18(19,20)21/h3-5,7-12H,2,6,13H2,1H3. The molecule has 2 nitrogen and oxygen atoms in total. The van der Waals surface area contributed by atoms with Crippen molar-refractivity contribution in [1.29, 1.82) is 0 Å². The predicted octanol–water partition coefficient (Wildman–Crippen LogP) is 5.04. The zero-order valence-electron chi connectivity index (χ0n) is 12.8. The first kappa shape index (κ1) is 17.1. The van der Waals surface area contributed by atoms with Gasteiger partial charge in [0.25, 0.3) is 0 Å². The summed E-state index contributed by atoms with van der Waals surface area (Å²) in [5, 5.41) is 0. The molecular formula is C18H18F3NO. The highest BCUT2D eigenvalue weighted by molar-refractivity contribution is 5.93. The Morgan fingerprint density at radius 2 is 1.61 bits per heavy atom. The lowest BCUT2D eigenvalue weighted by atomic mass is 10.1. The third-order valence-corrected chi connectivity index (χ3v) is 3.45. The fraction of sp³-hybridized carbons (Fsp3) is 0.278. The molecular weight excluding hydrogens is 303 g/mol. The second-order valence-corrected chi connectivity index (χ2v) is 5.26. The SMILES string of the molecule is CCCC(=O)N(Cc1ccc(C(F)(F)F)cc1)c1ccccc1. The van der Waals surface area contributed by atoms with Crippen LogP contribution in [-0.2, 0) is 17.5 Å². The Morgan fingerprint density at radius 1 is 1.00 bits per heavy atom. The van der Waals surface area contributed by atoms with E-state index in [-0.39, 0.29) is 12.5 Å². The number of amides is 1. The van der Waals surface area contributed by atoms with Gasteiger partial charge in [0, 0.05) is 12.1 Å². The van der Waals surface area contributed by atoms with E-state index in [1.165, 1.54) is 12.1 Å². The van der Waals surface area contributed by atoms with Gasteiger partial charge >= 0.3 is 6.18 Å². The van der Waals surface area contributed by atoms with Gasteiger partial charge in [-0.05, 0) is 36.2 Å². The number of halogens is 3. The monoisotopic (exact) mass is 321 g/mol. The van der Waals surface area contributed by atoms with Gasteiger partial charge in [0.15, 0.2) is 0 Å². The zero-order chi connectivity index (χ0) is 16.9. The first-order chi connectivity index (χ1) is 10.9. The fourth-order valence-corrected chi connectivity index (χ4v) is 2.26. The average molecular weight is 321 g/mol. The van der Waals surface area contributed by atoms with Crippen LogP contribution in [0.25, 0.3) is 0 Å². The lowest BCUT2D eigenvalue weighted by Crippen LogP contribution is -2.30. The molecule has 0 aliphatic rings. The highest BCUT2D eigenvalue weighted by Gasteiger charge is 2.30. The van der Waals surface area contributed by atoms with Gasteiger partial charge in [0.2, 0.25) is 5.91 Å². The Balaban J connectivity index is 2.22. The number of anilines is 1. The van der Waals surface area contributed by atoms with Crippen LogP contribution in [0.1, 0.15) is 30.9 Å². The molecule has 1 amide bonds. The summed E-state index contributed by atoms with van der Waals surface area (Å²) in [6, 6.07) is 14.1. The molecule has 0 atom stereocenters. The van der Waals surface area contributed by atoms with Gasteiger partial charge in [-0.25, -0.2) is 0 Å². The third kappa shape index (κ3) is 4.58. The van der Waals surface area contributed by atoms with E-state index in [1.807, 2.05) is 37.3 Å². The van der Waals surface area contributed by atoms with Gasteiger partial charge in [0.05, 0.1) is 12.1 Å².